The molecule has 0 unspecified atom stereocenters. The van der Waals surface area contributed by atoms with E-state index in [2.05, 4.69) is 0 Å². The highest BCUT2D eigenvalue weighted by atomic mass is 19.4. The van der Waals surface area contributed by atoms with Gasteiger partial charge in [0.2, 0.25) is 0 Å². The Hall–Kier alpha value is -3.15. The maximum Gasteiger partial charge on any atom is 0.428 e. The van der Waals surface area contributed by atoms with Crippen molar-refractivity contribution in [3.05, 3.63) is 59.4 Å². The van der Waals surface area contributed by atoms with Gasteiger partial charge < -0.3 is 5.32 Å². The van der Waals surface area contributed by atoms with Crippen molar-refractivity contribution >= 4 is 11.8 Å². The quantitative estimate of drug-likeness (QED) is 0.298. The van der Waals surface area contributed by atoms with Gasteiger partial charge in [-0.2, -0.15) is 13.2 Å². The smallest absolute Gasteiger partial charge is 0.338 e. The first-order chi connectivity index (χ1) is 13.5. The summed E-state index contributed by atoms with van der Waals surface area (Å²) in [6.45, 7) is 0. The average molecular weight is 424 g/mol. The summed E-state index contributed by atoms with van der Waals surface area (Å²) in [4.78, 5) is 23.1. The summed E-state index contributed by atoms with van der Waals surface area (Å²) in [6.07, 6.45) is -9.42. The molecule has 2 atom stereocenters. The normalized spacial score (nSPS) is 13.5. The molecule has 29 heavy (non-hydrogen) atoms. The molecule has 12 heteroatoms. The van der Waals surface area contributed by atoms with Gasteiger partial charge in [-0.1, -0.05) is 24.3 Å². The predicted octanol–water partition coefficient (Wildman–Crippen LogP) is 3.33. The number of hydroxylamine groups is 1. The van der Waals surface area contributed by atoms with Crippen LogP contribution < -0.4 is 10.8 Å². The molecule has 0 radical (unpaired) electrons. The largest absolute Gasteiger partial charge is 0.428 e. The molecule has 0 bridgehead atoms. The lowest BCUT2D eigenvalue weighted by atomic mass is 10.00. The Morgan fingerprint density at radius 1 is 0.897 bits per heavy atom. The monoisotopic (exact) mass is 424 g/mol. The third-order valence-electron chi connectivity index (χ3n) is 3.74. The van der Waals surface area contributed by atoms with Crippen LogP contribution in [0.2, 0.25) is 0 Å². The van der Waals surface area contributed by atoms with Gasteiger partial charge in [-0.05, 0) is 28.8 Å². The van der Waals surface area contributed by atoms with Crippen LogP contribution in [0.5, 0.6) is 0 Å². The Bertz CT molecular complexity index is 893. The minimum Gasteiger partial charge on any atom is -0.338 e. The van der Waals surface area contributed by atoms with Crippen molar-refractivity contribution in [2.24, 2.45) is 0 Å². The zero-order chi connectivity index (χ0) is 21.9. The number of halogens is 7. The highest BCUT2D eigenvalue weighted by Gasteiger charge is 2.46. The predicted molar refractivity (Wildman–Crippen MR) is 83.5 cm³/mol. The van der Waals surface area contributed by atoms with Crippen molar-refractivity contribution in [3.8, 4) is 11.1 Å². The lowest BCUT2D eigenvalue weighted by Gasteiger charge is -2.20. The molecular formula is C17H11F7N2O3. The molecule has 0 aliphatic rings. The van der Waals surface area contributed by atoms with Gasteiger partial charge in [-0.25, -0.2) is 23.0 Å². The molecule has 0 spiro atoms. The van der Waals surface area contributed by atoms with Crippen molar-refractivity contribution in [1.29, 1.82) is 0 Å². The fourth-order valence-electron chi connectivity index (χ4n) is 2.32. The van der Waals surface area contributed by atoms with Crippen molar-refractivity contribution in [1.82, 2.24) is 10.8 Å². The average Bonchev–Trinajstić information content (AvgIpc) is 2.67. The maximum atomic E-state index is 13.3. The molecule has 156 valence electrons. The van der Waals surface area contributed by atoms with Gasteiger partial charge in [0.1, 0.15) is 6.04 Å². The molecule has 5 nitrogen and oxygen atoms in total. The molecule has 0 heterocycles. The van der Waals surface area contributed by atoms with Crippen LogP contribution in [0.25, 0.3) is 11.1 Å². The second kappa shape index (κ2) is 8.47. The maximum absolute atomic E-state index is 13.3. The molecule has 2 aromatic carbocycles. The van der Waals surface area contributed by atoms with Crippen LogP contribution in [-0.2, 0) is 9.59 Å². The molecule has 2 rings (SSSR count). The van der Waals surface area contributed by atoms with Crippen LogP contribution in [0.1, 0.15) is 11.6 Å². The van der Waals surface area contributed by atoms with Gasteiger partial charge in [-0.3, -0.25) is 14.8 Å². The van der Waals surface area contributed by atoms with Crippen molar-refractivity contribution in [2.45, 2.75) is 18.4 Å². The Labute approximate surface area is 158 Å². The number of benzene rings is 2. The van der Waals surface area contributed by atoms with E-state index in [1.807, 2.05) is 0 Å². The second-order valence-electron chi connectivity index (χ2n) is 5.70. The topological polar surface area (TPSA) is 78.4 Å². The number of amides is 2. The van der Waals surface area contributed by atoms with E-state index in [1.165, 1.54) is 5.32 Å². The Balaban J connectivity index is 2.32. The van der Waals surface area contributed by atoms with E-state index in [0.29, 0.717) is 12.1 Å². The van der Waals surface area contributed by atoms with Crippen LogP contribution >= 0.6 is 0 Å². The van der Waals surface area contributed by atoms with Crippen LogP contribution in [0.3, 0.4) is 0 Å². The van der Waals surface area contributed by atoms with Gasteiger partial charge >= 0.3 is 6.18 Å². The molecule has 3 N–H and O–H groups in total. The molecule has 0 aliphatic heterocycles. The molecule has 2 amide bonds. The van der Waals surface area contributed by atoms with E-state index in [4.69, 9.17) is 5.21 Å². The molecule has 0 saturated heterocycles. The summed E-state index contributed by atoms with van der Waals surface area (Å²) in [6, 6.07) is 3.90. The number of carbonyl (C=O) groups is 2. The minimum absolute atomic E-state index is 0.0963. The van der Waals surface area contributed by atoms with Gasteiger partial charge in [-0.15, -0.1) is 0 Å². The van der Waals surface area contributed by atoms with Crippen LogP contribution in [-0.4, -0.2) is 29.4 Å². The van der Waals surface area contributed by atoms with Crippen molar-refractivity contribution in [3.63, 3.8) is 0 Å². The lowest BCUT2D eigenvalue weighted by Crippen LogP contribution is -2.46. The molecular weight excluding hydrogens is 413 g/mol. The van der Waals surface area contributed by atoms with E-state index in [-0.39, 0.29) is 16.7 Å². The van der Waals surface area contributed by atoms with Crippen LogP contribution in [0, 0.1) is 17.5 Å². The Morgan fingerprint density at radius 3 is 1.86 bits per heavy atom. The highest BCUT2D eigenvalue weighted by Crippen LogP contribution is 2.27. The zero-order valence-electron chi connectivity index (χ0n) is 14.0. The van der Waals surface area contributed by atoms with E-state index in [0.717, 1.165) is 29.7 Å². The summed E-state index contributed by atoms with van der Waals surface area (Å²) in [5.41, 5.74) is 0.955. The molecule has 0 aromatic heterocycles. The van der Waals surface area contributed by atoms with Crippen molar-refractivity contribution < 1.29 is 45.5 Å². The summed E-state index contributed by atoms with van der Waals surface area (Å²) < 4.78 is 89.7. The van der Waals surface area contributed by atoms with Gasteiger partial charge in [0.25, 0.3) is 18.0 Å². The number of carbonyl (C=O) groups excluding carboxylic acids is 2. The SMILES string of the molecule is O=C(NO)[C@@H](NC(=O)[C@@H](F)C(F)(F)F)c1ccc(-c2cc(F)c(F)c(F)c2)cc1. The number of rotatable bonds is 5. The second-order valence-corrected chi connectivity index (χ2v) is 5.70. The number of alkyl halides is 4. The molecule has 2 aromatic rings. The van der Waals surface area contributed by atoms with Gasteiger partial charge in [0.05, 0.1) is 0 Å². The molecule has 0 fully saturated rings. The fourth-order valence-corrected chi connectivity index (χ4v) is 2.32. The van der Waals surface area contributed by atoms with Crippen LogP contribution in [0.15, 0.2) is 36.4 Å². The third kappa shape index (κ3) is 5.02. The summed E-state index contributed by atoms with van der Waals surface area (Å²) in [7, 11) is 0. The summed E-state index contributed by atoms with van der Waals surface area (Å²) in [5.74, 6) is -8.15. The van der Waals surface area contributed by atoms with Crippen LogP contribution in [0.4, 0.5) is 30.7 Å². The summed E-state index contributed by atoms with van der Waals surface area (Å²) >= 11 is 0. The fraction of sp³-hybridized carbons (Fsp3) is 0.176. The number of hydrogen-bond donors (Lipinski definition) is 3. The molecule has 0 saturated carbocycles. The van der Waals surface area contributed by atoms with Gasteiger partial charge in [0, 0.05) is 0 Å². The van der Waals surface area contributed by atoms with Gasteiger partial charge in [0.15, 0.2) is 17.5 Å². The van der Waals surface area contributed by atoms with Crippen molar-refractivity contribution in [2.75, 3.05) is 0 Å². The van der Waals surface area contributed by atoms with E-state index >= 15 is 0 Å². The number of nitrogens with one attached hydrogen (secondary N) is 2. The number of hydrogen-bond acceptors (Lipinski definition) is 3. The summed E-state index contributed by atoms with van der Waals surface area (Å²) in [5, 5.41) is 10.2. The standard InChI is InChI=1S/C17H11F7N2O3/c18-10-5-9(6-11(19)12(10)20)7-1-3-8(4-2-7)13(15(27)26-29)25-16(28)14(21)17(22,23)24/h1-6,13-14,29H,(H,25,28)(H,26,27)/t13-,14+/m0/s1. The first kappa shape index (κ1) is 22.1. The Kier molecular flexibility index (Phi) is 6.47. The lowest BCUT2D eigenvalue weighted by molar-refractivity contribution is -0.187. The van der Waals surface area contributed by atoms with E-state index in [9.17, 15) is 40.3 Å². The zero-order valence-corrected chi connectivity index (χ0v) is 14.0. The first-order valence-corrected chi connectivity index (χ1v) is 7.65. The van der Waals surface area contributed by atoms with E-state index in [1.54, 1.807) is 0 Å². The minimum atomic E-state index is -5.51. The van der Waals surface area contributed by atoms with E-state index < -0.39 is 47.7 Å². The Morgan fingerprint density at radius 2 is 1.41 bits per heavy atom. The highest BCUT2D eigenvalue weighted by molar-refractivity contribution is 5.90. The first-order valence-electron chi connectivity index (χ1n) is 7.65. The molecule has 0 aliphatic carbocycles. The third-order valence-corrected chi connectivity index (χ3v) is 3.74.